The third-order valence-corrected chi connectivity index (χ3v) is 3.28. The first-order valence-corrected chi connectivity index (χ1v) is 7.26. The number of hydrogen-bond acceptors (Lipinski definition) is 4. The van der Waals surface area contributed by atoms with Crippen molar-refractivity contribution in [3.63, 3.8) is 0 Å². The van der Waals surface area contributed by atoms with Crippen molar-refractivity contribution in [2.45, 2.75) is 12.1 Å². The van der Waals surface area contributed by atoms with Gasteiger partial charge in [0.15, 0.2) is 0 Å². The number of amides is 1. The predicted octanol–water partition coefficient (Wildman–Crippen LogP) is 0.401. The Labute approximate surface area is 105 Å². The fourth-order valence-corrected chi connectivity index (χ4v) is 2.50. The molecule has 0 aliphatic carbocycles. The highest BCUT2D eigenvalue weighted by atomic mass is 32.2. The Kier molecular flexibility index (Phi) is 4.69. The first-order chi connectivity index (χ1) is 8.29. The molecule has 1 amide bonds. The van der Waals surface area contributed by atoms with Crippen LogP contribution in [0.3, 0.4) is 0 Å². The maximum absolute atomic E-state index is 11.2. The molecule has 0 heterocycles. The van der Waals surface area contributed by atoms with E-state index in [4.69, 9.17) is 5.11 Å². The van der Waals surface area contributed by atoms with E-state index in [1.54, 1.807) is 30.3 Å². The molecular formula is C11H15NO5S. The van der Waals surface area contributed by atoms with Gasteiger partial charge in [-0.25, -0.2) is 13.2 Å². The molecule has 6 nitrogen and oxygen atoms in total. The van der Waals surface area contributed by atoms with Crippen LogP contribution >= 0.6 is 0 Å². The van der Waals surface area contributed by atoms with Crippen molar-refractivity contribution in [1.29, 1.82) is 0 Å². The SMILES string of the molecule is CS(=O)(=O)CC(NC(=O)O)C(O)c1ccccc1. The molecule has 0 radical (unpaired) electrons. The van der Waals surface area contributed by atoms with Crippen LogP contribution in [0.5, 0.6) is 0 Å². The minimum atomic E-state index is -3.41. The summed E-state index contributed by atoms with van der Waals surface area (Å²) >= 11 is 0. The zero-order chi connectivity index (χ0) is 13.8. The van der Waals surface area contributed by atoms with Crippen LogP contribution in [-0.4, -0.2) is 42.8 Å². The lowest BCUT2D eigenvalue weighted by Gasteiger charge is -2.22. The molecule has 100 valence electrons. The van der Waals surface area contributed by atoms with Gasteiger partial charge in [-0.2, -0.15) is 0 Å². The molecule has 0 fully saturated rings. The summed E-state index contributed by atoms with van der Waals surface area (Å²) in [5, 5.41) is 20.7. The summed E-state index contributed by atoms with van der Waals surface area (Å²) in [5.41, 5.74) is 0.458. The molecule has 1 aromatic carbocycles. The van der Waals surface area contributed by atoms with Gasteiger partial charge < -0.3 is 15.5 Å². The standard InChI is InChI=1S/C11H15NO5S/c1-18(16,17)7-9(12-11(14)15)10(13)8-5-3-2-4-6-8/h2-6,9-10,12-13H,7H2,1H3,(H,14,15). The van der Waals surface area contributed by atoms with Gasteiger partial charge in [-0.15, -0.1) is 0 Å². The van der Waals surface area contributed by atoms with Crippen LogP contribution in [0.25, 0.3) is 0 Å². The average Bonchev–Trinajstić information content (AvgIpc) is 2.26. The Morgan fingerprint density at radius 1 is 1.33 bits per heavy atom. The molecule has 0 saturated heterocycles. The fourth-order valence-electron chi connectivity index (χ4n) is 1.58. The van der Waals surface area contributed by atoms with Crippen molar-refractivity contribution in [1.82, 2.24) is 5.32 Å². The maximum atomic E-state index is 11.2. The molecule has 0 spiro atoms. The van der Waals surface area contributed by atoms with Crippen LogP contribution in [0.2, 0.25) is 0 Å². The highest BCUT2D eigenvalue weighted by Gasteiger charge is 2.26. The quantitative estimate of drug-likeness (QED) is 0.720. The van der Waals surface area contributed by atoms with E-state index in [0.717, 1.165) is 6.26 Å². The van der Waals surface area contributed by atoms with Gasteiger partial charge in [0.1, 0.15) is 15.9 Å². The second kappa shape index (κ2) is 5.83. The van der Waals surface area contributed by atoms with Gasteiger partial charge >= 0.3 is 6.09 Å². The third-order valence-electron chi connectivity index (χ3n) is 2.31. The molecule has 18 heavy (non-hydrogen) atoms. The van der Waals surface area contributed by atoms with Crippen LogP contribution in [0.4, 0.5) is 4.79 Å². The highest BCUT2D eigenvalue weighted by molar-refractivity contribution is 7.90. The van der Waals surface area contributed by atoms with Gasteiger partial charge in [-0.05, 0) is 5.56 Å². The number of carboxylic acid groups (broad SMARTS) is 1. The highest BCUT2D eigenvalue weighted by Crippen LogP contribution is 2.17. The lowest BCUT2D eigenvalue weighted by atomic mass is 10.0. The lowest BCUT2D eigenvalue weighted by molar-refractivity contribution is 0.128. The summed E-state index contributed by atoms with van der Waals surface area (Å²) in [6.07, 6.45) is -1.60. The summed E-state index contributed by atoms with van der Waals surface area (Å²) in [4.78, 5) is 10.6. The zero-order valence-corrected chi connectivity index (χ0v) is 10.6. The Morgan fingerprint density at radius 3 is 2.33 bits per heavy atom. The van der Waals surface area contributed by atoms with Crippen molar-refractivity contribution in [2.24, 2.45) is 0 Å². The number of aliphatic hydroxyl groups excluding tert-OH is 1. The molecule has 0 aromatic heterocycles. The molecule has 1 aromatic rings. The van der Waals surface area contributed by atoms with Crippen LogP contribution in [0, 0.1) is 0 Å². The zero-order valence-electron chi connectivity index (χ0n) is 9.78. The second-order valence-electron chi connectivity index (χ2n) is 4.00. The van der Waals surface area contributed by atoms with E-state index in [1.165, 1.54) is 0 Å². The van der Waals surface area contributed by atoms with E-state index in [1.807, 2.05) is 5.32 Å². The molecule has 0 aliphatic heterocycles. The average molecular weight is 273 g/mol. The summed E-state index contributed by atoms with van der Waals surface area (Å²) in [6.45, 7) is 0. The van der Waals surface area contributed by atoms with Crippen LogP contribution in [0.1, 0.15) is 11.7 Å². The van der Waals surface area contributed by atoms with Crippen molar-refractivity contribution < 1.29 is 23.4 Å². The van der Waals surface area contributed by atoms with E-state index >= 15 is 0 Å². The number of hydrogen-bond donors (Lipinski definition) is 3. The second-order valence-corrected chi connectivity index (χ2v) is 6.19. The van der Waals surface area contributed by atoms with Crippen molar-refractivity contribution in [3.8, 4) is 0 Å². The molecule has 0 bridgehead atoms. The largest absolute Gasteiger partial charge is 0.465 e. The number of carbonyl (C=O) groups is 1. The normalized spacial score (nSPS) is 14.8. The lowest BCUT2D eigenvalue weighted by Crippen LogP contribution is -2.43. The van der Waals surface area contributed by atoms with Crippen molar-refractivity contribution >= 4 is 15.9 Å². The number of nitrogens with one attached hydrogen (secondary N) is 1. The van der Waals surface area contributed by atoms with Gasteiger partial charge in [0.2, 0.25) is 0 Å². The first-order valence-electron chi connectivity index (χ1n) is 5.20. The summed E-state index contributed by atoms with van der Waals surface area (Å²) in [7, 11) is -3.41. The summed E-state index contributed by atoms with van der Waals surface area (Å²) in [6, 6.07) is 7.20. The minimum Gasteiger partial charge on any atom is -0.465 e. The Bertz CT molecular complexity index is 499. The molecule has 0 aliphatic rings. The van der Waals surface area contributed by atoms with Gasteiger partial charge in [-0.3, -0.25) is 0 Å². The third kappa shape index (κ3) is 4.72. The summed E-state index contributed by atoms with van der Waals surface area (Å²) < 4.78 is 22.4. The molecule has 7 heteroatoms. The molecular weight excluding hydrogens is 258 g/mol. The monoisotopic (exact) mass is 273 g/mol. The number of sulfone groups is 1. The van der Waals surface area contributed by atoms with E-state index in [2.05, 4.69) is 0 Å². The Morgan fingerprint density at radius 2 is 1.89 bits per heavy atom. The van der Waals surface area contributed by atoms with Crippen LogP contribution in [0.15, 0.2) is 30.3 Å². The molecule has 2 atom stereocenters. The van der Waals surface area contributed by atoms with E-state index in [0.29, 0.717) is 5.56 Å². The molecule has 1 rings (SSSR count). The number of benzene rings is 1. The number of aliphatic hydroxyl groups is 1. The van der Waals surface area contributed by atoms with Gasteiger partial charge in [-0.1, -0.05) is 30.3 Å². The first kappa shape index (κ1) is 14.5. The van der Waals surface area contributed by atoms with Crippen molar-refractivity contribution in [2.75, 3.05) is 12.0 Å². The fraction of sp³-hybridized carbons (Fsp3) is 0.364. The molecule has 0 saturated carbocycles. The Hall–Kier alpha value is -1.60. The van der Waals surface area contributed by atoms with Gasteiger partial charge in [0.05, 0.1) is 11.8 Å². The van der Waals surface area contributed by atoms with E-state index in [-0.39, 0.29) is 0 Å². The topological polar surface area (TPSA) is 104 Å². The smallest absolute Gasteiger partial charge is 0.405 e. The van der Waals surface area contributed by atoms with Crippen LogP contribution < -0.4 is 5.32 Å². The van der Waals surface area contributed by atoms with Gasteiger partial charge in [0.25, 0.3) is 0 Å². The number of rotatable bonds is 5. The van der Waals surface area contributed by atoms with Crippen LogP contribution in [-0.2, 0) is 9.84 Å². The van der Waals surface area contributed by atoms with E-state index in [9.17, 15) is 18.3 Å². The minimum absolute atomic E-state index is 0.458. The molecule has 2 unspecified atom stereocenters. The van der Waals surface area contributed by atoms with Crippen molar-refractivity contribution in [3.05, 3.63) is 35.9 Å². The Balaban J connectivity index is 2.92. The van der Waals surface area contributed by atoms with Gasteiger partial charge in [0, 0.05) is 6.26 Å². The predicted molar refractivity (Wildman–Crippen MR) is 66.1 cm³/mol. The molecule has 3 N–H and O–H groups in total. The van der Waals surface area contributed by atoms with E-state index < -0.39 is 33.8 Å². The maximum Gasteiger partial charge on any atom is 0.405 e. The summed E-state index contributed by atoms with van der Waals surface area (Å²) in [5.74, 6) is -0.463.